The normalized spacial score (nSPS) is 17.0. The Bertz CT molecular complexity index is 602. The van der Waals surface area contributed by atoms with Crippen LogP contribution >= 0.6 is 0 Å². The van der Waals surface area contributed by atoms with E-state index in [2.05, 4.69) is 0 Å². The van der Waals surface area contributed by atoms with E-state index in [1.807, 2.05) is 55.5 Å². The van der Waals surface area contributed by atoms with Gasteiger partial charge in [-0.15, -0.1) is 0 Å². The lowest BCUT2D eigenvalue weighted by Gasteiger charge is -2.25. The van der Waals surface area contributed by atoms with Crippen molar-refractivity contribution in [1.29, 1.82) is 0 Å². The van der Waals surface area contributed by atoms with Gasteiger partial charge in [0.2, 0.25) is 5.78 Å². The van der Waals surface area contributed by atoms with E-state index >= 15 is 0 Å². The minimum absolute atomic E-state index is 0.0468. The van der Waals surface area contributed by atoms with Crippen molar-refractivity contribution in [2.75, 3.05) is 6.61 Å². The number of para-hydroxylation sites is 2. The molecule has 3 nitrogen and oxygen atoms in total. The molecule has 1 unspecified atom stereocenters. The van der Waals surface area contributed by atoms with Crippen molar-refractivity contribution < 1.29 is 14.3 Å². The Balaban J connectivity index is 1.81. The second-order valence-electron chi connectivity index (χ2n) is 4.59. The SMILES string of the molecule is Cc1ccc(C(=O)C2COc3ccccc3O2)cc1. The number of carbonyl (C=O) groups excluding carboxylic acids is 1. The summed E-state index contributed by atoms with van der Waals surface area (Å²) in [6, 6.07) is 14.9. The maximum Gasteiger partial charge on any atom is 0.206 e. The van der Waals surface area contributed by atoms with Gasteiger partial charge in [-0.1, -0.05) is 42.0 Å². The van der Waals surface area contributed by atoms with Crippen LogP contribution in [-0.2, 0) is 0 Å². The molecule has 0 saturated carbocycles. The van der Waals surface area contributed by atoms with Crippen LogP contribution in [0.1, 0.15) is 15.9 Å². The molecule has 2 aromatic rings. The van der Waals surface area contributed by atoms with Crippen molar-refractivity contribution in [3.05, 3.63) is 59.7 Å². The third kappa shape index (κ3) is 2.32. The van der Waals surface area contributed by atoms with Crippen molar-refractivity contribution in [2.24, 2.45) is 0 Å². The molecule has 3 heteroatoms. The molecule has 19 heavy (non-hydrogen) atoms. The highest BCUT2D eigenvalue weighted by atomic mass is 16.6. The van der Waals surface area contributed by atoms with Crippen LogP contribution in [0.3, 0.4) is 0 Å². The highest BCUT2D eigenvalue weighted by molar-refractivity contribution is 6.00. The first-order chi connectivity index (χ1) is 9.24. The lowest BCUT2D eigenvalue weighted by atomic mass is 10.0. The number of benzene rings is 2. The summed E-state index contributed by atoms with van der Waals surface area (Å²) in [5.74, 6) is 1.27. The lowest BCUT2D eigenvalue weighted by Crippen LogP contribution is -2.36. The average molecular weight is 254 g/mol. The maximum atomic E-state index is 12.3. The van der Waals surface area contributed by atoms with Gasteiger partial charge in [-0.05, 0) is 19.1 Å². The van der Waals surface area contributed by atoms with Gasteiger partial charge in [-0.3, -0.25) is 4.79 Å². The smallest absolute Gasteiger partial charge is 0.206 e. The number of Topliss-reactive ketones (excluding diaryl/α,β-unsaturated/α-hetero) is 1. The van der Waals surface area contributed by atoms with Gasteiger partial charge in [0.25, 0.3) is 0 Å². The summed E-state index contributed by atoms with van der Waals surface area (Å²) in [4.78, 5) is 12.3. The predicted molar refractivity (Wildman–Crippen MR) is 71.9 cm³/mol. The quantitative estimate of drug-likeness (QED) is 0.773. The molecule has 0 bridgehead atoms. The molecule has 0 spiro atoms. The molecule has 1 aliphatic heterocycles. The first-order valence-electron chi connectivity index (χ1n) is 6.23. The Morgan fingerprint density at radius 2 is 1.74 bits per heavy atom. The second kappa shape index (κ2) is 4.76. The Hall–Kier alpha value is -2.29. The number of carbonyl (C=O) groups is 1. The van der Waals surface area contributed by atoms with Gasteiger partial charge in [0.1, 0.15) is 6.61 Å². The van der Waals surface area contributed by atoms with Gasteiger partial charge in [0.15, 0.2) is 17.6 Å². The van der Waals surface area contributed by atoms with Crippen molar-refractivity contribution >= 4 is 5.78 Å². The molecule has 0 aliphatic carbocycles. The van der Waals surface area contributed by atoms with E-state index in [1.54, 1.807) is 0 Å². The molecule has 96 valence electrons. The number of hydrogen-bond acceptors (Lipinski definition) is 3. The summed E-state index contributed by atoms with van der Waals surface area (Å²) in [5, 5.41) is 0. The molecule has 0 fully saturated rings. The molecule has 1 aliphatic rings. The van der Waals surface area contributed by atoms with E-state index in [0.29, 0.717) is 17.1 Å². The van der Waals surface area contributed by atoms with Crippen LogP contribution in [-0.4, -0.2) is 18.5 Å². The fourth-order valence-electron chi connectivity index (χ4n) is 2.05. The third-order valence-electron chi connectivity index (χ3n) is 3.14. The largest absolute Gasteiger partial charge is 0.485 e. The molecule has 3 rings (SSSR count). The molecule has 0 amide bonds. The minimum atomic E-state index is -0.572. The maximum absolute atomic E-state index is 12.3. The molecule has 1 heterocycles. The number of fused-ring (bicyclic) bond motifs is 1. The summed E-state index contributed by atoms with van der Waals surface area (Å²) < 4.78 is 11.3. The molecule has 0 saturated heterocycles. The van der Waals surface area contributed by atoms with Crippen LogP contribution in [0.5, 0.6) is 11.5 Å². The van der Waals surface area contributed by atoms with Crippen molar-refractivity contribution in [3.8, 4) is 11.5 Å². The van der Waals surface area contributed by atoms with E-state index in [0.717, 1.165) is 5.56 Å². The Morgan fingerprint density at radius 3 is 2.47 bits per heavy atom. The van der Waals surface area contributed by atoms with Crippen molar-refractivity contribution in [3.63, 3.8) is 0 Å². The Morgan fingerprint density at radius 1 is 1.05 bits per heavy atom. The number of hydrogen-bond donors (Lipinski definition) is 0. The van der Waals surface area contributed by atoms with E-state index < -0.39 is 6.10 Å². The van der Waals surface area contributed by atoms with Crippen molar-refractivity contribution in [1.82, 2.24) is 0 Å². The fraction of sp³-hybridized carbons (Fsp3) is 0.188. The molecule has 1 atom stereocenters. The molecule has 0 N–H and O–H groups in total. The standard InChI is InChI=1S/C16H14O3/c1-11-6-8-12(9-7-11)16(17)15-10-18-13-4-2-3-5-14(13)19-15/h2-9,15H,10H2,1H3. The molecule has 0 aromatic heterocycles. The monoisotopic (exact) mass is 254 g/mol. The predicted octanol–water partition coefficient (Wildman–Crippen LogP) is 3.02. The highest BCUT2D eigenvalue weighted by Crippen LogP contribution is 2.31. The molecule has 2 aromatic carbocycles. The van der Waals surface area contributed by atoms with E-state index in [4.69, 9.17) is 9.47 Å². The van der Waals surface area contributed by atoms with Gasteiger partial charge in [-0.25, -0.2) is 0 Å². The van der Waals surface area contributed by atoms with Gasteiger partial charge < -0.3 is 9.47 Å². The zero-order chi connectivity index (χ0) is 13.2. The first kappa shape index (κ1) is 11.8. The highest BCUT2D eigenvalue weighted by Gasteiger charge is 2.27. The second-order valence-corrected chi connectivity index (χ2v) is 4.59. The molecular formula is C16H14O3. The zero-order valence-corrected chi connectivity index (χ0v) is 10.6. The molecular weight excluding hydrogens is 240 g/mol. The van der Waals surface area contributed by atoms with Crippen LogP contribution in [0.4, 0.5) is 0 Å². The Labute approximate surface area is 111 Å². The van der Waals surface area contributed by atoms with Crippen molar-refractivity contribution in [2.45, 2.75) is 13.0 Å². The lowest BCUT2D eigenvalue weighted by molar-refractivity contribution is 0.0586. The number of aryl methyl sites for hydroxylation is 1. The van der Waals surface area contributed by atoms with Gasteiger partial charge in [0, 0.05) is 5.56 Å². The van der Waals surface area contributed by atoms with Gasteiger partial charge in [0.05, 0.1) is 0 Å². The zero-order valence-electron chi connectivity index (χ0n) is 10.6. The van der Waals surface area contributed by atoms with Gasteiger partial charge in [-0.2, -0.15) is 0 Å². The molecule has 0 radical (unpaired) electrons. The topological polar surface area (TPSA) is 35.5 Å². The van der Waals surface area contributed by atoms with E-state index in [9.17, 15) is 4.79 Å². The number of ether oxygens (including phenoxy) is 2. The first-order valence-corrected chi connectivity index (χ1v) is 6.23. The van der Waals surface area contributed by atoms with Gasteiger partial charge >= 0.3 is 0 Å². The summed E-state index contributed by atoms with van der Waals surface area (Å²) in [5.41, 5.74) is 1.78. The average Bonchev–Trinajstić information content (AvgIpc) is 2.47. The minimum Gasteiger partial charge on any atom is -0.485 e. The summed E-state index contributed by atoms with van der Waals surface area (Å²) in [6.07, 6.45) is -0.572. The fourth-order valence-corrected chi connectivity index (χ4v) is 2.05. The van der Waals surface area contributed by atoms with Crippen LogP contribution in [0, 0.1) is 6.92 Å². The summed E-state index contributed by atoms with van der Waals surface area (Å²) >= 11 is 0. The van der Waals surface area contributed by atoms with Crippen LogP contribution in [0.25, 0.3) is 0 Å². The number of ketones is 1. The number of rotatable bonds is 2. The summed E-state index contributed by atoms with van der Waals surface area (Å²) in [6.45, 7) is 2.24. The van der Waals surface area contributed by atoms with Crippen LogP contribution < -0.4 is 9.47 Å². The van der Waals surface area contributed by atoms with E-state index in [-0.39, 0.29) is 12.4 Å². The van der Waals surface area contributed by atoms with Crippen LogP contribution in [0.2, 0.25) is 0 Å². The van der Waals surface area contributed by atoms with E-state index in [1.165, 1.54) is 0 Å². The third-order valence-corrected chi connectivity index (χ3v) is 3.14. The Kier molecular flexibility index (Phi) is 2.95. The summed E-state index contributed by atoms with van der Waals surface area (Å²) in [7, 11) is 0. The van der Waals surface area contributed by atoms with Crippen LogP contribution in [0.15, 0.2) is 48.5 Å².